The minimum absolute atomic E-state index is 0.0618. The van der Waals surface area contributed by atoms with E-state index in [1.54, 1.807) is 18.7 Å². The molecular formula is C14H18ClF3N2O2S. The van der Waals surface area contributed by atoms with Crippen LogP contribution in [0.25, 0.3) is 0 Å². The molecule has 1 aromatic rings. The lowest BCUT2D eigenvalue weighted by Crippen LogP contribution is -2.56. The third kappa shape index (κ3) is 3.28. The average Bonchev–Trinajstić information content (AvgIpc) is 2.47. The quantitative estimate of drug-likeness (QED) is 0.816. The second-order valence-electron chi connectivity index (χ2n) is 5.66. The van der Waals surface area contributed by atoms with Crippen LogP contribution in [0.4, 0.5) is 19.0 Å². The van der Waals surface area contributed by atoms with Crippen molar-refractivity contribution in [2.24, 2.45) is 0 Å². The van der Waals surface area contributed by atoms with Crippen LogP contribution < -0.4 is 4.90 Å². The molecular weight excluding hydrogens is 353 g/mol. The smallest absolute Gasteiger partial charge is 0.353 e. The molecule has 0 atom stereocenters. The number of halogens is 4. The topological polar surface area (TPSA) is 50.3 Å². The number of alkyl halides is 3. The predicted molar refractivity (Wildman–Crippen MR) is 83.6 cm³/mol. The van der Waals surface area contributed by atoms with Gasteiger partial charge in [-0.15, -0.1) is 0 Å². The molecule has 0 radical (unpaired) electrons. The normalized spacial score (nSPS) is 20.5. The highest BCUT2D eigenvalue weighted by molar-refractivity contribution is 7.92. The molecule has 9 heteroatoms. The Morgan fingerprint density at radius 3 is 2.43 bits per heavy atom. The molecule has 1 aromatic heterocycles. The number of rotatable bonds is 3. The summed E-state index contributed by atoms with van der Waals surface area (Å²) in [5.74, 6) is 0.133. The Balaban J connectivity index is 2.37. The van der Waals surface area contributed by atoms with Crippen molar-refractivity contribution in [3.05, 3.63) is 22.8 Å². The largest absolute Gasteiger partial charge is 0.417 e. The van der Waals surface area contributed by atoms with E-state index in [4.69, 9.17) is 11.6 Å². The first-order chi connectivity index (χ1) is 10.6. The van der Waals surface area contributed by atoms with Crippen molar-refractivity contribution >= 4 is 27.3 Å². The van der Waals surface area contributed by atoms with Gasteiger partial charge < -0.3 is 4.90 Å². The van der Waals surface area contributed by atoms with Crippen molar-refractivity contribution in [2.45, 2.75) is 37.6 Å². The fourth-order valence-corrected chi connectivity index (χ4v) is 5.30. The van der Waals surface area contributed by atoms with Crippen molar-refractivity contribution in [2.75, 3.05) is 23.7 Å². The van der Waals surface area contributed by atoms with Crippen LogP contribution in [-0.2, 0) is 16.0 Å². The van der Waals surface area contributed by atoms with Crippen LogP contribution in [0.3, 0.4) is 0 Å². The minimum Gasteiger partial charge on any atom is -0.353 e. The molecule has 1 fully saturated rings. The molecule has 1 aliphatic rings. The molecule has 0 bridgehead atoms. The van der Waals surface area contributed by atoms with Gasteiger partial charge in [-0.05, 0) is 18.9 Å². The number of aromatic nitrogens is 1. The lowest BCUT2D eigenvalue weighted by molar-refractivity contribution is -0.137. The van der Waals surface area contributed by atoms with Crippen LogP contribution in [0.5, 0.6) is 0 Å². The van der Waals surface area contributed by atoms with Gasteiger partial charge in [0.1, 0.15) is 5.82 Å². The van der Waals surface area contributed by atoms with E-state index in [1.807, 2.05) is 0 Å². The van der Waals surface area contributed by atoms with Crippen LogP contribution in [0.15, 0.2) is 12.3 Å². The summed E-state index contributed by atoms with van der Waals surface area (Å²) in [5.41, 5.74) is -0.923. The second-order valence-corrected chi connectivity index (χ2v) is 8.57. The number of pyridine rings is 1. The van der Waals surface area contributed by atoms with E-state index < -0.39 is 26.3 Å². The zero-order chi connectivity index (χ0) is 17.5. The van der Waals surface area contributed by atoms with Crippen molar-refractivity contribution in [1.82, 2.24) is 4.98 Å². The Bertz CT molecular complexity index is 688. The molecule has 0 aromatic carbocycles. The van der Waals surface area contributed by atoms with E-state index in [1.165, 1.54) is 0 Å². The number of anilines is 1. The van der Waals surface area contributed by atoms with Gasteiger partial charge in [0.2, 0.25) is 0 Å². The third-order valence-electron chi connectivity index (χ3n) is 4.51. The summed E-state index contributed by atoms with van der Waals surface area (Å²) >= 11 is 5.97. The number of hydrogen-bond donors (Lipinski definition) is 0. The lowest BCUT2D eigenvalue weighted by Gasteiger charge is -2.42. The van der Waals surface area contributed by atoms with Crippen molar-refractivity contribution in [1.29, 1.82) is 0 Å². The van der Waals surface area contributed by atoms with Gasteiger partial charge in [-0.1, -0.05) is 25.4 Å². The molecule has 2 heterocycles. The van der Waals surface area contributed by atoms with Gasteiger partial charge in [0, 0.05) is 19.3 Å². The maximum Gasteiger partial charge on any atom is 0.417 e. The van der Waals surface area contributed by atoms with Crippen molar-refractivity contribution in [3.8, 4) is 0 Å². The molecule has 0 amide bonds. The molecule has 0 spiro atoms. The van der Waals surface area contributed by atoms with E-state index in [0.29, 0.717) is 12.8 Å². The summed E-state index contributed by atoms with van der Waals surface area (Å²) < 4.78 is 61.9. The molecule has 1 aliphatic heterocycles. The Morgan fingerprint density at radius 2 is 1.96 bits per heavy atom. The molecule has 0 N–H and O–H groups in total. The van der Waals surface area contributed by atoms with Crippen LogP contribution in [0, 0.1) is 0 Å². The SMILES string of the molecule is CCC1(CC)CN(c2ncc(C(F)(F)F)cc2Cl)CCS1(=O)=O. The number of sulfone groups is 1. The Hall–Kier alpha value is -1.02. The number of nitrogens with zero attached hydrogens (tertiary/aromatic N) is 2. The van der Waals surface area contributed by atoms with Gasteiger partial charge in [-0.2, -0.15) is 13.2 Å². The van der Waals surface area contributed by atoms with Crippen LogP contribution in [0.1, 0.15) is 32.3 Å². The van der Waals surface area contributed by atoms with Gasteiger partial charge in [0.05, 0.1) is 21.1 Å². The predicted octanol–water partition coefficient (Wildman–Crippen LogP) is 3.55. The van der Waals surface area contributed by atoms with Gasteiger partial charge >= 0.3 is 6.18 Å². The molecule has 0 saturated carbocycles. The maximum atomic E-state index is 12.7. The standard InChI is InChI=1S/C14H18ClF3N2O2S/c1-3-13(4-2)9-20(5-6-23(13,21)22)12-11(15)7-10(8-19-12)14(16,17)18/h7-8H,3-6,9H2,1-2H3. The second kappa shape index (κ2) is 6.12. The van der Waals surface area contributed by atoms with E-state index in [2.05, 4.69) is 4.98 Å². The van der Waals surface area contributed by atoms with E-state index >= 15 is 0 Å². The molecule has 4 nitrogen and oxygen atoms in total. The molecule has 0 aliphatic carbocycles. The van der Waals surface area contributed by atoms with Gasteiger partial charge in [-0.25, -0.2) is 13.4 Å². The molecule has 1 saturated heterocycles. The summed E-state index contributed by atoms with van der Waals surface area (Å²) in [5, 5.41) is -0.125. The molecule has 130 valence electrons. The Kier molecular flexibility index (Phi) is 4.88. The Labute approximate surface area is 138 Å². The lowest BCUT2D eigenvalue weighted by atomic mass is 10.0. The molecule has 23 heavy (non-hydrogen) atoms. The van der Waals surface area contributed by atoms with Crippen molar-refractivity contribution in [3.63, 3.8) is 0 Å². The molecule has 2 rings (SSSR count). The fourth-order valence-electron chi connectivity index (χ4n) is 2.88. The fraction of sp³-hybridized carbons (Fsp3) is 0.643. The third-order valence-corrected chi connectivity index (χ3v) is 7.53. The highest BCUT2D eigenvalue weighted by Crippen LogP contribution is 2.37. The summed E-state index contributed by atoms with van der Waals surface area (Å²) in [4.78, 5) is 5.49. The van der Waals surface area contributed by atoms with Gasteiger partial charge in [0.25, 0.3) is 0 Å². The van der Waals surface area contributed by atoms with Gasteiger partial charge in [-0.3, -0.25) is 0 Å². The van der Waals surface area contributed by atoms with Gasteiger partial charge in [0.15, 0.2) is 9.84 Å². The first-order valence-electron chi connectivity index (χ1n) is 7.26. The van der Waals surface area contributed by atoms with E-state index in [0.717, 1.165) is 12.3 Å². The van der Waals surface area contributed by atoms with E-state index in [9.17, 15) is 21.6 Å². The minimum atomic E-state index is -4.52. The zero-order valence-corrected chi connectivity index (χ0v) is 14.4. The monoisotopic (exact) mass is 370 g/mol. The average molecular weight is 371 g/mol. The molecule has 0 unspecified atom stereocenters. The first kappa shape index (κ1) is 18.3. The van der Waals surface area contributed by atoms with Crippen LogP contribution in [-0.4, -0.2) is 37.0 Å². The number of hydrogen-bond acceptors (Lipinski definition) is 4. The van der Waals surface area contributed by atoms with Crippen molar-refractivity contribution < 1.29 is 21.6 Å². The van der Waals surface area contributed by atoms with Crippen LogP contribution in [0.2, 0.25) is 5.02 Å². The highest BCUT2D eigenvalue weighted by atomic mass is 35.5. The Morgan fingerprint density at radius 1 is 1.35 bits per heavy atom. The highest BCUT2D eigenvalue weighted by Gasteiger charge is 2.46. The van der Waals surface area contributed by atoms with E-state index in [-0.39, 0.29) is 29.7 Å². The zero-order valence-electron chi connectivity index (χ0n) is 12.8. The summed E-state index contributed by atoms with van der Waals surface area (Å²) in [6.07, 6.45) is -2.93. The summed E-state index contributed by atoms with van der Waals surface area (Å²) in [6, 6.07) is 0.826. The summed E-state index contributed by atoms with van der Waals surface area (Å²) in [7, 11) is -3.26. The maximum absolute atomic E-state index is 12.7. The van der Waals surface area contributed by atoms with Crippen LogP contribution >= 0.6 is 11.6 Å². The first-order valence-corrected chi connectivity index (χ1v) is 9.29. The summed E-state index contributed by atoms with van der Waals surface area (Å²) in [6.45, 7) is 3.95.